The molecule has 5 heteroatoms. The number of amides is 2. The van der Waals surface area contributed by atoms with Gasteiger partial charge in [0.25, 0.3) is 5.91 Å². The van der Waals surface area contributed by atoms with Crippen LogP contribution in [0.2, 0.25) is 0 Å². The first-order chi connectivity index (χ1) is 9.88. The highest BCUT2D eigenvalue weighted by Gasteiger charge is 2.23. The minimum Gasteiger partial charge on any atom is -0.344 e. The van der Waals surface area contributed by atoms with E-state index in [0.29, 0.717) is 18.6 Å². The monoisotopic (exact) mass is 287 g/mol. The van der Waals surface area contributed by atoms with Gasteiger partial charge in [0.1, 0.15) is 5.71 Å². The van der Waals surface area contributed by atoms with E-state index in [-0.39, 0.29) is 17.9 Å². The Morgan fingerprint density at radius 2 is 2.05 bits per heavy atom. The van der Waals surface area contributed by atoms with Crippen molar-refractivity contribution >= 4 is 17.5 Å². The van der Waals surface area contributed by atoms with Crippen molar-refractivity contribution in [3.63, 3.8) is 0 Å². The third-order valence-electron chi connectivity index (χ3n) is 3.72. The van der Waals surface area contributed by atoms with Crippen LogP contribution in [-0.4, -0.2) is 29.6 Å². The second-order valence-electron chi connectivity index (χ2n) is 5.52. The lowest BCUT2D eigenvalue weighted by atomic mass is 9.99. The molecule has 0 spiro atoms. The lowest BCUT2D eigenvalue weighted by Crippen LogP contribution is -2.38. The molecule has 1 aromatic rings. The molecular formula is C16H21N3O2. The third-order valence-corrected chi connectivity index (χ3v) is 3.72. The second kappa shape index (κ2) is 6.08. The van der Waals surface area contributed by atoms with Crippen LogP contribution >= 0.6 is 0 Å². The van der Waals surface area contributed by atoms with Gasteiger partial charge in [-0.15, -0.1) is 0 Å². The van der Waals surface area contributed by atoms with E-state index < -0.39 is 0 Å². The number of nitrogens with one attached hydrogen (secondary N) is 1. The number of benzene rings is 1. The number of hydrogen-bond donors (Lipinski definition) is 1. The van der Waals surface area contributed by atoms with Crippen LogP contribution in [0.15, 0.2) is 23.3 Å². The Kier molecular flexibility index (Phi) is 4.40. The summed E-state index contributed by atoms with van der Waals surface area (Å²) in [5.41, 5.74) is 3.82. The van der Waals surface area contributed by atoms with Gasteiger partial charge in [-0.25, -0.2) is 5.01 Å². The molecule has 1 aromatic carbocycles. The van der Waals surface area contributed by atoms with Crippen LogP contribution < -0.4 is 5.32 Å². The molecule has 112 valence electrons. The van der Waals surface area contributed by atoms with Crippen LogP contribution in [0.25, 0.3) is 0 Å². The van der Waals surface area contributed by atoms with E-state index in [1.165, 1.54) is 5.01 Å². The molecular weight excluding hydrogens is 266 g/mol. The zero-order valence-electron chi connectivity index (χ0n) is 12.9. The maximum absolute atomic E-state index is 12.3. The lowest BCUT2D eigenvalue weighted by molar-refractivity contribution is -0.130. The molecule has 0 fully saturated rings. The normalized spacial score (nSPS) is 16.5. The molecule has 0 bridgehead atoms. The summed E-state index contributed by atoms with van der Waals surface area (Å²) in [5.74, 6) is -0.267. The van der Waals surface area contributed by atoms with Gasteiger partial charge in [0.05, 0.1) is 6.04 Å². The largest absolute Gasteiger partial charge is 0.344 e. The predicted molar refractivity (Wildman–Crippen MR) is 81.9 cm³/mol. The Balaban J connectivity index is 2.11. The van der Waals surface area contributed by atoms with Crippen LogP contribution in [0, 0.1) is 13.8 Å². The average molecular weight is 287 g/mol. The topological polar surface area (TPSA) is 61.8 Å². The van der Waals surface area contributed by atoms with E-state index in [1.807, 2.05) is 20.8 Å². The Labute approximate surface area is 125 Å². The van der Waals surface area contributed by atoms with Crippen molar-refractivity contribution in [2.45, 2.75) is 39.7 Å². The fourth-order valence-corrected chi connectivity index (χ4v) is 2.42. The van der Waals surface area contributed by atoms with Crippen molar-refractivity contribution in [3.05, 3.63) is 34.9 Å². The first kappa shape index (κ1) is 15.2. The second-order valence-corrected chi connectivity index (χ2v) is 5.52. The molecule has 21 heavy (non-hydrogen) atoms. The quantitative estimate of drug-likeness (QED) is 0.925. The summed E-state index contributed by atoms with van der Waals surface area (Å²) in [6.07, 6.45) is 0.731. The van der Waals surface area contributed by atoms with E-state index in [2.05, 4.69) is 28.6 Å². The highest BCUT2D eigenvalue weighted by Crippen LogP contribution is 2.19. The molecule has 2 rings (SSSR count). The number of carbonyl (C=O) groups excluding carboxylic acids is 2. The van der Waals surface area contributed by atoms with Crippen molar-refractivity contribution in [2.75, 3.05) is 7.05 Å². The highest BCUT2D eigenvalue weighted by molar-refractivity contribution is 6.39. The summed E-state index contributed by atoms with van der Waals surface area (Å²) >= 11 is 0. The summed E-state index contributed by atoms with van der Waals surface area (Å²) in [7, 11) is 1.57. The molecule has 0 unspecified atom stereocenters. The van der Waals surface area contributed by atoms with E-state index in [1.54, 1.807) is 7.05 Å². The number of carbonyl (C=O) groups is 2. The van der Waals surface area contributed by atoms with Crippen molar-refractivity contribution in [1.82, 2.24) is 10.3 Å². The van der Waals surface area contributed by atoms with E-state index >= 15 is 0 Å². The van der Waals surface area contributed by atoms with Gasteiger partial charge in [0.2, 0.25) is 5.91 Å². The molecule has 1 heterocycles. The number of nitrogens with zero attached hydrogens (tertiary/aromatic N) is 2. The van der Waals surface area contributed by atoms with Gasteiger partial charge in [0.15, 0.2) is 0 Å². The van der Waals surface area contributed by atoms with Crippen LogP contribution in [-0.2, 0) is 9.59 Å². The molecule has 0 saturated heterocycles. The van der Waals surface area contributed by atoms with Gasteiger partial charge in [-0.3, -0.25) is 9.59 Å². The van der Waals surface area contributed by atoms with Crippen molar-refractivity contribution in [2.24, 2.45) is 5.10 Å². The zero-order chi connectivity index (χ0) is 15.6. The van der Waals surface area contributed by atoms with Gasteiger partial charge in [0, 0.05) is 19.9 Å². The Hall–Kier alpha value is -2.17. The summed E-state index contributed by atoms with van der Waals surface area (Å²) in [4.78, 5) is 23.6. The SMILES string of the molecule is Cc1ccc(C)c([C@H](C)NC(=O)C2=NN(C)C(=O)CC2)c1. The Morgan fingerprint density at radius 3 is 2.71 bits per heavy atom. The van der Waals surface area contributed by atoms with Crippen LogP contribution in [0.4, 0.5) is 0 Å². The van der Waals surface area contributed by atoms with Gasteiger partial charge < -0.3 is 5.32 Å². The average Bonchev–Trinajstić information content (AvgIpc) is 2.44. The molecule has 2 amide bonds. The van der Waals surface area contributed by atoms with E-state index in [0.717, 1.165) is 16.7 Å². The zero-order valence-corrected chi connectivity index (χ0v) is 12.9. The molecule has 1 atom stereocenters. The number of rotatable bonds is 3. The minimum absolute atomic E-state index is 0.0610. The fraction of sp³-hybridized carbons (Fsp3) is 0.438. The molecule has 0 aromatic heterocycles. The van der Waals surface area contributed by atoms with E-state index in [9.17, 15) is 9.59 Å². The van der Waals surface area contributed by atoms with Gasteiger partial charge in [-0.1, -0.05) is 23.8 Å². The summed E-state index contributed by atoms with van der Waals surface area (Å²) in [5, 5.41) is 8.24. The number of hydrogen-bond acceptors (Lipinski definition) is 3. The molecule has 1 N–H and O–H groups in total. The first-order valence-corrected chi connectivity index (χ1v) is 7.10. The standard InChI is InChI=1S/C16H21N3O2/c1-10-5-6-11(2)13(9-10)12(3)17-16(21)14-7-8-15(20)19(4)18-14/h5-6,9,12H,7-8H2,1-4H3,(H,17,21)/t12-/m0/s1. The molecule has 1 aliphatic heterocycles. The van der Waals surface area contributed by atoms with Crippen molar-refractivity contribution in [3.8, 4) is 0 Å². The highest BCUT2D eigenvalue weighted by atomic mass is 16.2. The smallest absolute Gasteiger partial charge is 0.267 e. The molecule has 0 aliphatic carbocycles. The molecule has 5 nitrogen and oxygen atoms in total. The summed E-state index contributed by atoms with van der Waals surface area (Å²) < 4.78 is 0. The van der Waals surface area contributed by atoms with Gasteiger partial charge >= 0.3 is 0 Å². The van der Waals surface area contributed by atoms with E-state index in [4.69, 9.17) is 0 Å². The summed E-state index contributed by atoms with van der Waals surface area (Å²) in [6.45, 7) is 6.02. The van der Waals surface area contributed by atoms with Crippen LogP contribution in [0.5, 0.6) is 0 Å². The Bertz CT molecular complexity index is 608. The Morgan fingerprint density at radius 1 is 1.33 bits per heavy atom. The lowest BCUT2D eigenvalue weighted by Gasteiger charge is -2.21. The van der Waals surface area contributed by atoms with Crippen LogP contribution in [0.3, 0.4) is 0 Å². The van der Waals surface area contributed by atoms with Crippen molar-refractivity contribution in [1.29, 1.82) is 0 Å². The molecule has 0 radical (unpaired) electrons. The number of hydrazone groups is 1. The third kappa shape index (κ3) is 3.48. The molecule has 1 aliphatic rings. The maximum Gasteiger partial charge on any atom is 0.267 e. The van der Waals surface area contributed by atoms with Crippen molar-refractivity contribution < 1.29 is 9.59 Å². The number of aryl methyl sites for hydroxylation is 2. The maximum atomic E-state index is 12.3. The minimum atomic E-state index is -0.206. The van der Waals surface area contributed by atoms with Crippen LogP contribution in [0.1, 0.15) is 42.5 Å². The fourth-order valence-electron chi connectivity index (χ4n) is 2.42. The van der Waals surface area contributed by atoms with Gasteiger partial charge in [-0.05, 0) is 31.9 Å². The molecule has 0 saturated carbocycles. The first-order valence-electron chi connectivity index (χ1n) is 7.10. The predicted octanol–water partition coefficient (Wildman–Crippen LogP) is 2.09. The van der Waals surface area contributed by atoms with Gasteiger partial charge in [-0.2, -0.15) is 5.10 Å². The summed E-state index contributed by atoms with van der Waals surface area (Å²) in [6, 6.07) is 6.10.